The summed E-state index contributed by atoms with van der Waals surface area (Å²) in [6.07, 6.45) is 0.768. The van der Waals surface area contributed by atoms with Crippen LogP contribution in [0.5, 0.6) is 5.75 Å². The molecule has 0 aromatic heterocycles. The number of carbonyl (C=O) groups is 1. The molecule has 1 atom stereocenters. The van der Waals surface area contributed by atoms with Crippen LogP contribution in [0, 0.1) is 0 Å². The zero-order valence-corrected chi connectivity index (χ0v) is 18.5. The fourth-order valence-electron chi connectivity index (χ4n) is 3.91. The monoisotopic (exact) mass is 430 g/mol. The molecule has 1 amide bonds. The summed E-state index contributed by atoms with van der Waals surface area (Å²) in [6.45, 7) is 5.34. The van der Waals surface area contributed by atoms with Gasteiger partial charge in [-0.3, -0.25) is 4.79 Å². The van der Waals surface area contributed by atoms with Gasteiger partial charge in [-0.2, -0.15) is 0 Å². The van der Waals surface area contributed by atoms with E-state index in [2.05, 4.69) is 46.6 Å². The first-order chi connectivity index (χ1) is 15.7. The molecule has 1 saturated heterocycles. The molecule has 0 aliphatic carbocycles. The Bertz CT molecular complexity index is 999. The van der Waals surface area contributed by atoms with Crippen molar-refractivity contribution in [1.29, 1.82) is 0 Å². The van der Waals surface area contributed by atoms with Crippen LogP contribution in [-0.4, -0.2) is 38.8 Å². The van der Waals surface area contributed by atoms with Crippen LogP contribution in [-0.2, 0) is 16.0 Å². The van der Waals surface area contributed by atoms with E-state index in [9.17, 15) is 4.79 Å². The lowest BCUT2D eigenvalue weighted by molar-refractivity contribution is -0.123. The Labute approximate surface area is 190 Å². The number of ether oxygens (including phenoxy) is 2. The van der Waals surface area contributed by atoms with Crippen LogP contribution < -0.4 is 15.0 Å². The Morgan fingerprint density at radius 1 is 0.969 bits per heavy atom. The normalized spacial score (nSPS) is 14.6. The zero-order chi connectivity index (χ0) is 22.2. The van der Waals surface area contributed by atoms with Crippen molar-refractivity contribution < 1.29 is 14.3 Å². The number of anilines is 1. The van der Waals surface area contributed by atoms with Crippen molar-refractivity contribution in [2.45, 2.75) is 19.4 Å². The summed E-state index contributed by atoms with van der Waals surface area (Å²) < 4.78 is 11.3. The van der Waals surface area contributed by atoms with Gasteiger partial charge in [-0.05, 0) is 41.8 Å². The molecule has 166 valence electrons. The van der Waals surface area contributed by atoms with Gasteiger partial charge in [0.05, 0.1) is 19.3 Å². The molecule has 5 heteroatoms. The molecule has 1 aliphatic rings. The molecule has 0 radical (unpaired) electrons. The lowest BCUT2D eigenvalue weighted by atomic mass is 10.0. The highest BCUT2D eigenvalue weighted by molar-refractivity contribution is 5.78. The van der Waals surface area contributed by atoms with Gasteiger partial charge in [-0.1, -0.05) is 60.7 Å². The molecule has 1 aliphatic heterocycles. The van der Waals surface area contributed by atoms with E-state index in [1.165, 1.54) is 11.3 Å². The van der Waals surface area contributed by atoms with Gasteiger partial charge in [-0.15, -0.1) is 0 Å². The van der Waals surface area contributed by atoms with Crippen molar-refractivity contribution in [3.8, 4) is 5.75 Å². The number of nitrogens with one attached hydrogen (secondary N) is 1. The quantitative estimate of drug-likeness (QED) is 0.577. The number of carbonyl (C=O) groups excluding carboxylic acids is 1. The maximum absolute atomic E-state index is 12.5. The molecular weight excluding hydrogens is 400 g/mol. The molecule has 0 saturated carbocycles. The summed E-state index contributed by atoms with van der Waals surface area (Å²) in [6, 6.07) is 26.4. The number of hydrogen-bond donors (Lipinski definition) is 1. The smallest absolute Gasteiger partial charge is 0.258 e. The minimum Gasteiger partial charge on any atom is -0.483 e. The average Bonchev–Trinajstić information content (AvgIpc) is 2.85. The zero-order valence-electron chi connectivity index (χ0n) is 18.5. The second kappa shape index (κ2) is 10.8. The summed E-state index contributed by atoms with van der Waals surface area (Å²) >= 11 is 0. The third-order valence-electron chi connectivity index (χ3n) is 5.72. The van der Waals surface area contributed by atoms with Gasteiger partial charge < -0.3 is 19.7 Å². The van der Waals surface area contributed by atoms with E-state index in [4.69, 9.17) is 9.47 Å². The highest BCUT2D eigenvalue weighted by atomic mass is 16.5. The fraction of sp³-hybridized carbons (Fsp3) is 0.296. The highest BCUT2D eigenvalue weighted by Crippen LogP contribution is 2.22. The maximum Gasteiger partial charge on any atom is 0.258 e. The average molecular weight is 431 g/mol. The van der Waals surface area contributed by atoms with Gasteiger partial charge in [-0.25, -0.2) is 0 Å². The third-order valence-corrected chi connectivity index (χ3v) is 5.72. The number of amides is 1. The van der Waals surface area contributed by atoms with E-state index in [1.54, 1.807) is 0 Å². The van der Waals surface area contributed by atoms with Crippen LogP contribution in [0.2, 0.25) is 0 Å². The molecular formula is C27H30N2O3. The maximum atomic E-state index is 12.5. The van der Waals surface area contributed by atoms with Crippen molar-refractivity contribution >= 4 is 11.6 Å². The molecule has 0 bridgehead atoms. The molecule has 1 fully saturated rings. The molecule has 3 aromatic carbocycles. The number of hydrogen-bond acceptors (Lipinski definition) is 4. The SMILES string of the molecule is CC(NC(=O)COc1ccccc1Cc1ccccc1)c1ccc(N2CCOCC2)cc1. The number of nitrogens with zero attached hydrogens (tertiary/aromatic N) is 1. The molecule has 1 N–H and O–H groups in total. The molecule has 0 spiro atoms. The van der Waals surface area contributed by atoms with Crippen LogP contribution in [0.3, 0.4) is 0 Å². The highest BCUT2D eigenvalue weighted by Gasteiger charge is 2.14. The fourth-order valence-corrected chi connectivity index (χ4v) is 3.91. The molecule has 1 unspecified atom stereocenters. The number of morpholine rings is 1. The van der Waals surface area contributed by atoms with Gasteiger partial charge >= 0.3 is 0 Å². The van der Waals surface area contributed by atoms with Crippen molar-refractivity contribution in [3.05, 3.63) is 95.6 Å². The number of para-hydroxylation sites is 1. The predicted octanol–water partition coefficient (Wildman–Crippen LogP) is 4.37. The van der Waals surface area contributed by atoms with E-state index in [1.807, 2.05) is 49.4 Å². The Kier molecular flexibility index (Phi) is 7.41. The second-order valence-corrected chi connectivity index (χ2v) is 8.04. The lowest BCUT2D eigenvalue weighted by Gasteiger charge is -2.29. The predicted molar refractivity (Wildman–Crippen MR) is 127 cm³/mol. The first kappa shape index (κ1) is 21.9. The van der Waals surface area contributed by atoms with Crippen LogP contribution in [0.4, 0.5) is 5.69 Å². The Morgan fingerprint density at radius 3 is 2.41 bits per heavy atom. The summed E-state index contributed by atoms with van der Waals surface area (Å²) in [4.78, 5) is 14.8. The van der Waals surface area contributed by atoms with Gasteiger partial charge in [0.1, 0.15) is 5.75 Å². The number of rotatable bonds is 8. The van der Waals surface area contributed by atoms with E-state index in [0.717, 1.165) is 49.6 Å². The van der Waals surface area contributed by atoms with Crippen molar-refractivity contribution in [2.75, 3.05) is 37.8 Å². The first-order valence-corrected chi connectivity index (χ1v) is 11.2. The topological polar surface area (TPSA) is 50.8 Å². The molecule has 32 heavy (non-hydrogen) atoms. The van der Waals surface area contributed by atoms with E-state index >= 15 is 0 Å². The first-order valence-electron chi connectivity index (χ1n) is 11.2. The van der Waals surface area contributed by atoms with Gasteiger partial charge in [0.25, 0.3) is 5.91 Å². The van der Waals surface area contributed by atoms with Crippen LogP contribution in [0.25, 0.3) is 0 Å². The van der Waals surface area contributed by atoms with Crippen LogP contribution in [0.15, 0.2) is 78.9 Å². The Morgan fingerprint density at radius 2 is 1.66 bits per heavy atom. The van der Waals surface area contributed by atoms with Gasteiger partial charge in [0, 0.05) is 25.2 Å². The van der Waals surface area contributed by atoms with Crippen LogP contribution >= 0.6 is 0 Å². The summed E-state index contributed by atoms with van der Waals surface area (Å²) in [5, 5.41) is 3.04. The standard InChI is InChI=1S/C27H30N2O3/c1-21(23-11-13-25(14-12-23)29-15-17-31-18-16-29)28-27(30)20-32-26-10-6-5-9-24(26)19-22-7-3-2-4-8-22/h2-14,21H,15-20H2,1H3,(H,28,30). The van der Waals surface area contributed by atoms with Crippen molar-refractivity contribution in [3.63, 3.8) is 0 Å². The molecule has 5 nitrogen and oxygen atoms in total. The van der Waals surface area contributed by atoms with E-state index < -0.39 is 0 Å². The van der Waals surface area contributed by atoms with E-state index in [-0.39, 0.29) is 18.6 Å². The third kappa shape index (κ3) is 5.89. The van der Waals surface area contributed by atoms with Crippen molar-refractivity contribution in [2.24, 2.45) is 0 Å². The Balaban J connectivity index is 1.30. The number of benzene rings is 3. The second-order valence-electron chi connectivity index (χ2n) is 8.04. The van der Waals surface area contributed by atoms with Crippen LogP contribution in [0.1, 0.15) is 29.7 Å². The lowest BCUT2D eigenvalue weighted by Crippen LogP contribution is -2.36. The van der Waals surface area contributed by atoms with E-state index in [0.29, 0.717) is 0 Å². The largest absolute Gasteiger partial charge is 0.483 e. The Hall–Kier alpha value is -3.31. The molecule has 1 heterocycles. The summed E-state index contributed by atoms with van der Waals surface area (Å²) in [5.41, 5.74) is 4.54. The molecule has 4 rings (SSSR count). The van der Waals surface area contributed by atoms with Crippen molar-refractivity contribution in [1.82, 2.24) is 5.32 Å². The minimum absolute atomic E-state index is 0.0119. The minimum atomic E-state index is -0.135. The van der Waals surface area contributed by atoms with Gasteiger partial charge in [0.15, 0.2) is 6.61 Å². The molecule has 3 aromatic rings. The van der Waals surface area contributed by atoms with Gasteiger partial charge in [0.2, 0.25) is 0 Å². The summed E-state index contributed by atoms with van der Waals surface area (Å²) in [7, 11) is 0. The summed E-state index contributed by atoms with van der Waals surface area (Å²) in [5.74, 6) is 0.610.